The lowest BCUT2D eigenvalue weighted by molar-refractivity contribution is -0.247. The first-order chi connectivity index (χ1) is 9.40. The highest BCUT2D eigenvalue weighted by Crippen LogP contribution is 2.24. The fraction of sp³-hybridized carbons (Fsp3) is 0.786. The monoisotopic (exact) mass is 287 g/mol. The van der Waals surface area contributed by atoms with Gasteiger partial charge < -0.3 is 25.0 Å². The second kappa shape index (κ2) is 8.36. The van der Waals surface area contributed by atoms with Gasteiger partial charge in [0.1, 0.15) is 0 Å². The van der Waals surface area contributed by atoms with Crippen molar-refractivity contribution >= 4 is 5.91 Å². The van der Waals surface area contributed by atoms with Gasteiger partial charge in [0.25, 0.3) is 0 Å². The lowest BCUT2D eigenvalue weighted by Gasteiger charge is -2.36. The zero-order valence-electron chi connectivity index (χ0n) is 12.1. The first-order valence-corrected chi connectivity index (χ1v) is 6.98. The van der Waals surface area contributed by atoms with E-state index >= 15 is 0 Å². The zero-order valence-corrected chi connectivity index (χ0v) is 12.1. The minimum absolute atomic E-state index is 0.141. The molecule has 1 fully saturated rings. The highest BCUT2D eigenvalue weighted by Gasteiger charge is 2.31. The lowest BCUT2D eigenvalue weighted by atomic mass is 10.0. The van der Waals surface area contributed by atoms with Crippen LogP contribution >= 0.6 is 0 Å². The van der Waals surface area contributed by atoms with E-state index in [1.54, 1.807) is 13.8 Å². The summed E-state index contributed by atoms with van der Waals surface area (Å²) in [6.07, 6.45) is 1.04. The summed E-state index contributed by atoms with van der Waals surface area (Å²) in [5, 5.41) is 21.5. The molecular weight excluding hydrogens is 262 g/mol. The van der Waals surface area contributed by atoms with Gasteiger partial charge in [-0.15, -0.1) is 0 Å². The molecule has 1 aliphatic heterocycles. The van der Waals surface area contributed by atoms with E-state index in [0.29, 0.717) is 19.3 Å². The number of hydrogen-bond acceptors (Lipinski definition) is 5. The van der Waals surface area contributed by atoms with E-state index in [4.69, 9.17) is 9.47 Å². The molecule has 3 N–H and O–H groups in total. The molecular formula is C14H25NO5. The fourth-order valence-electron chi connectivity index (χ4n) is 2.28. The van der Waals surface area contributed by atoms with Crippen molar-refractivity contribution in [3.8, 4) is 0 Å². The second-order valence-electron chi connectivity index (χ2n) is 5.30. The maximum Gasteiger partial charge on any atom is 0.243 e. The smallest absolute Gasteiger partial charge is 0.243 e. The number of nitrogens with one attached hydrogen (secondary N) is 1. The molecule has 0 aromatic carbocycles. The van der Waals surface area contributed by atoms with Crippen LogP contribution in [-0.2, 0) is 14.3 Å². The molecule has 0 bridgehead atoms. The van der Waals surface area contributed by atoms with Gasteiger partial charge in [0.05, 0.1) is 31.0 Å². The molecule has 116 valence electrons. The fourth-order valence-corrected chi connectivity index (χ4v) is 2.28. The third-order valence-corrected chi connectivity index (χ3v) is 3.05. The topological polar surface area (TPSA) is 88.0 Å². The summed E-state index contributed by atoms with van der Waals surface area (Å²) in [5.41, 5.74) is 0. The first-order valence-electron chi connectivity index (χ1n) is 6.98. The molecule has 6 heteroatoms. The summed E-state index contributed by atoms with van der Waals surface area (Å²) in [7, 11) is 0. The molecule has 20 heavy (non-hydrogen) atoms. The number of rotatable bonds is 7. The summed E-state index contributed by atoms with van der Waals surface area (Å²) in [6.45, 7) is 7.00. The Morgan fingerprint density at radius 3 is 2.20 bits per heavy atom. The van der Waals surface area contributed by atoms with Crippen LogP contribution in [-0.4, -0.2) is 53.4 Å². The van der Waals surface area contributed by atoms with Gasteiger partial charge in [-0.3, -0.25) is 4.79 Å². The van der Waals surface area contributed by atoms with Gasteiger partial charge >= 0.3 is 0 Å². The lowest BCUT2D eigenvalue weighted by Crippen LogP contribution is -2.45. The average molecular weight is 287 g/mol. The zero-order chi connectivity index (χ0) is 15.1. The Labute approximate surface area is 119 Å². The standard InChI is InChI=1S/C14H25NO5/c1-4-13(18)15-8-14-19-11(5-9(2)16)7-12(20-14)6-10(3)17/h4,9-12,14,16-17H,1,5-8H2,2-3H3,(H,15,18). The second-order valence-corrected chi connectivity index (χ2v) is 5.30. The maximum absolute atomic E-state index is 11.2. The molecule has 0 saturated carbocycles. The minimum atomic E-state index is -0.569. The highest BCUT2D eigenvalue weighted by atomic mass is 16.7. The third-order valence-electron chi connectivity index (χ3n) is 3.05. The molecule has 1 rings (SSSR count). The molecule has 4 atom stereocenters. The van der Waals surface area contributed by atoms with E-state index in [0.717, 1.165) is 0 Å². The summed E-state index contributed by atoms with van der Waals surface area (Å²) >= 11 is 0. The van der Waals surface area contributed by atoms with Crippen LogP contribution in [0.5, 0.6) is 0 Å². The van der Waals surface area contributed by atoms with Crippen molar-refractivity contribution in [1.29, 1.82) is 0 Å². The molecule has 6 nitrogen and oxygen atoms in total. The summed E-state index contributed by atoms with van der Waals surface area (Å²) < 4.78 is 11.4. The molecule has 1 heterocycles. The van der Waals surface area contributed by atoms with Gasteiger partial charge in [0.2, 0.25) is 5.91 Å². The van der Waals surface area contributed by atoms with Gasteiger partial charge in [-0.25, -0.2) is 0 Å². The Morgan fingerprint density at radius 2 is 1.80 bits per heavy atom. The normalized spacial score (nSPS) is 29.5. The number of hydrogen-bond donors (Lipinski definition) is 3. The molecule has 1 aliphatic rings. The van der Waals surface area contributed by atoms with Crippen molar-refractivity contribution in [3.05, 3.63) is 12.7 Å². The summed E-state index contributed by atoms with van der Waals surface area (Å²) in [5.74, 6) is -0.290. The van der Waals surface area contributed by atoms with E-state index in [-0.39, 0.29) is 24.7 Å². The number of carbonyl (C=O) groups excluding carboxylic acids is 1. The molecule has 0 aromatic rings. The van der Waals surface area contributed by atoms with Crippen LogP contribution in [0.3, 0.4) is 0 Å². The van der Waals surface area contributed by atoms with E-state index < -0.39 is 18.5 Å². The Kier molecular flexibility index (Phi) is 7.15. The van der Waals surface area contributed by atoms with Crippen LogP contribution in [0, 0.1) is 0 Å². The number of aliphatic hydroxyl groups is 2. The largest absolute Gasteiger partial charge is 0.393 e. The molecule has 0 aromatic heterocycles. The van der Waals surface area contributed by atoms with Gasteiger partial charge in [0.15, 0.2) is 6.29 Å². The number of amides is 1. The van der Waals surface area contributed by atoms with Crippen molar-refractivity contribution < 1.29 is 24.5 Å². The minimum Gasteiger partial charge on any atom is -0.393 e. The van der Waals surface area contributed by atoms with Crippen LogP contribution < -0.4 is 5.32 Å². The Balaban J connectivity index is 2.54. The molecule has 0 aliphatic carbocycles. The van der Waals surface area contributed by atoms with Crippen LogP contribution in [0.2, 0.25) is 0 Å². The third kappa shape index (κ3) is 6.47. The van der Waals surface area contributed by atoms with Crippen molar-refractivity contribution in [2.45, 2.75) is 63.8 Å². The number of carbonyl (C=O) groups is 1. The van der Waals surface area contributed by atoms with Gasteiger partial charge in [0, 0.05) is 6.42 Å². The van der Waals surface area contributed by atoms with E-state index in [9.17, 15) is 15.0 Å². The van der Waals surface area contributed by atoms with Crippen LogP contribution in [0.1, 0.15) is 33.1 Å². The van der Waals surface area contributed by atoms with Crippen molar-refractivity contribution in [1.82, 2.24) is 5.32 Å². The number of aliphatic hydroxyl groups excluding tert-OH is 2. The molecule has 4 unspecified atom stereocenters. The van der Waals surface area contributed by atoms with E-state index in [1.165, 1.54) is 6.08 Å². The van der Waals surface area contributed by atoms with E-state index in [1.807, 2.05) is 0 Å². The van der Waals surface area contributed by atoms with Crippen LogP contribution in [0.4, 0.5) is 0 Å². The quantitative estimate of drug-likeness (QED) is 0.587. The molecule has 0 radical (unpaired) electrons. The van der Waals surface area contributed by atoms with Crippen molar-refractivity contribution in [3.63, 3.8) is 0 Å². The number of ether oxygens (including phenoxy) is 2. The Hall–Kier alpha value is -0.950. The highest BCUT2D eigenvalue weighted by molar-refractivity contribution is 5.86. The average Bonchev–Trinajstić information content (AvgIpc) is 2.34. The summed E-state index contributed by atoms with van der Waals surface area (Å²) in [4.78, 5) is 11.2. The summed E-state index contributed by atoms with van der Waals surface area (Å²) in [6, 6.07) is 0. The molecule has 1 saturated heterocycles. The van der Waals surface area contributed by atoms with Crippen LogP contribution in [0.25, 0.3) is 0 Å². The molecule has 1 amide bonds. The van der Waals surface area contributed by atoms with Crippen molar-refractivity contribution in [2.24, 2.45) is 0 Å². The van der Waals surface area contributed by atoms with Gasteiger partial charge in [-0.05, 0) is 32.8 Å². The molecule has 0 spiro atoms. The predicted octanol–water partition coefficient (Wildman–Crippen LogP) is 0.331. The first kappa shape index (κ1) is 17.1. The SMILES string of the molecule is C=CC(=O)NCC1OC(CC(C)O)CC(CC(C)O)O1. The van der Waals surface area contributed by atoms with Crippen LogP contribution in [0.15, 0.2) is 12.7 Å². The Morgan fingerprint density at radius 1 is 1.30 bits per heavy atom. The van der Waals surface area contributed by atoms with Crippen molar-refractivity contribution in [2.75, 3.05) is 6.54 Å². The predicted molar refractivity (Wildman–Crippen MR) is 74.0 cm³/mol. The van der Waals surface area contributed by atoms with Gasteiger partial charge in [-0.1, -0.05) is 6.58 Å². The van der Waals surface area contributed by atoms with Gasteiger partial charge in [-0.2, -0.15) is 0 Å². The Bertz CT molecular complexity index is 301. The van der Waals surface area contributed by atoms with E-state index in [2.05, 4.69) is 11.9 Å². The maximum atomic E-state index is 11.2.